The Morgan fingerprint density at radius 3 is 2.50 bits per heavy atom. The second-order valence-electron chi connectivity index (χ2n) is 5.53. The van der Waals surface area contributed by atoms with Crippen molar-refractivity contribution >= 4 is 11.7 Å². The van der Waals surface area contributed by atoms with Crippen LogP contribution in [0.4, 0.5) is 10.2 Å². The molecule has 0 atom stereocenters. The lowest BCUT2D eigenvalue weighted by atomic mass is 10.2. The maximum Gasteiger partial charge on any atom is 0.253 e. The van der Waals surface area contributed by atoms with E-state index < -0.39 is 0 Å². The summed E-state index contributed by atoms with van der Waals surface area (Å²) in [4.78, 5) is 16.3. The van der Waals surface area contributed by atoms with Gasteiger partial charge in [0.05, 0.1) is 0 Å². The molecule has 122 valence electrons. The molecule has 0 bridgehead atoms. The molecule has 1 aliphatic heterocycles. The highest BCUT2D eigenvalue weighted by molar-refractivity contribution is 5.94. The van der Waals surface area contributed by atoms with E-state index in [1.165, 1.54) is 24.3 Å². The van der Waals surface area contributed by atoms with Crippen molar-refractivity contribution in [3.8, 4) is 6.07 Å². The number of anilines is 1. The Morgan fingerprint density at radius 2 is 1.83 bits per heavy atom. The third-order valence-corrected chi connectivity index (χ3v) is 3.96. The van der Waals surface area contributed by atoms with Gasteiger partial charge in [0.25, 0.3) is 5.91 Å². The Morgan fingerprint density at radius 1 is 1.04 bits per heavy atom. The Hall–Kier alpha value is -3.01. The van der Waals surface area contributed by atoms with Crippen LogP contribution in [-0.2, 0) is 0 Å². The highest BCUT2D eigenvalue weighted by Gasteiger charge is 2.21. The maximum atomic E-state index is 13.0. The Kier molecular flexibility index (Phi) is 4.66. The van der Waals surface area contributed by atoms with Gasteiger partial charge in [-0.1, -0.05) is 0 Å². The van der Waals surface area contributed by atoms with Gasteiger partial charge in [0.1, 0.15) is 11.9 Å². The van der Waals surface area contributed by atoms with Gasteiger partial charge in [-0.25, -0.2) is 4.39 Å². The molecule has 0 aliphatic carbocycles. The molecule has 0 N–H and O–H groups in total. The fourth-order valence-electron chi connectivity index (χ4n) is 2.68. The van der Waals surface area contributed by atoms with Gasteiger partial charge in [-0.2, -0.15) is 5.26 Å². The molecule has 6 nitrogen and oxygen atoms in total. The zero-order valence-electron chi connectivity index (χ0n) is 13.0. The molecule has 0 saturated carbocycles. The molecule has 1 amide bonds. The Labute approximate surface area is 139 Å². The molecule has 1 saturated heterocycles. The molecule has 1 aliphatic rings. The molecular weight excluding hydrogens is 309 g/mol. The number of amides is 1. The van der Waals surface area contributed by atoms with Crippen LogP contribution in [0, 0.1) is 17.1 Å². The summed E-state index contributed by atoms with van der Waals surface area (Å²) in [6.45, 7) is 2.58. The van der Waals surface area contributed by atoms with Crippen LogP contribution in [0.1, 0.15) is 22.5 Å². The highest BCUT2D eigenvalue weighted by Crippen LogP contribution is 2.15. The lowest BCUT2D eigenvalue weighted by Gasteiger charge is -2.22. The molecule has 0 unspecified atom stereocenters. The van der Waals surface area contributed by atoms with E-state index in [4.69, 9.17) is 5.26 Å². The Bertz CT molecular complexity index is 754. The molecule has 1 aromatic heterocycles. The van der Waals surface area contributed by atoms with E-state index in [2.05, 4.69) is 10.2 Å². The molecule has 0 spiro atoms. The van der Waals surface area contributed by atoms with Crippen LogP contribution >= 0.6 is 0 Å². The summed E-state index contributed by atoms with van der Waals surface area (Å²) in [7, 11) is 0. The number of hydrogen-bond acceptors (Lipinski definition) is 5. The van der Waals surface area contributed by atoms with Gasteiger partial charge in [-0.05, 0) is 42.8 Å². The van der Waals surface area contributed by atoms with Gasteiger partial charge in [0.2, 0.25) is 0 Å². The zero-order chi connectivity index (χ0) is 16.9. The summed E-state index contributed by atoms with van der Waals surface area (Å²) in [6, 6.07) is 10.9. The summed E-state index contributed by atoms with van der Waals surface area (Å²) in [6.07, 6.45) is 0.800. The topological polar surface area (TPSA) is 73.1 Å². The fraction of sp³-hybridized carbons (Fsp3) is 0.294. The first kappa shape index (κ1) is 15.9. The summed E-state index contributed by atoms with van der Waals surface area (Å²) < 4.78 is 13.0. The quantitative estimate of drug-likeness (QED) is 0.842. The molecular formula is C17H16FN5O. The van der Waals surface area contributed by atoms with Crippen molar-refractivity contribution in [3.05, 3.63) is 53.5 Å². The normalized spacial score (nSPS) is 14.8. The van der Waals surface area contributed by atoms with Crippen LogP contribution < -0.4 is 4.90 Å². The summed E-state index contributed by atoms with van der Waals surface area (Å²) in [5, 5.41) is 16.7. The van der Waals surface area contributed by atoms with E-state index in [0.717, 1.165) is 13.0 Å². The predicted octanol–water partition coefficient (Wildman–Crippen LogP) is 1.84. The van der Waals surface area contributed by atoms with Crippen molar-refractivity contribution in [1.82, 2.24) is 15.1 Å². The standard InChI is InChI=1S/C17H16FN5O/c18-14-4-2-13(3-5-14)17(24)23-9-1-8-22(10-11-23)16-7-6-15(12-19)20-21-16/h2-7H,1,8-11H2. The van der Waals surface area contributed by atoms with Crippen molar-refractivity contribution < 1.29 is 9.18 Å². The number of rotatable bonds is 2. The molecule has 2 aromatic rings. The van der Waals surface area contributed by atoms with Crippen LogP contribution in [0.25, 0.3) is 0 Å². The molecule has 24 heavy (non-hydrogen) atoms. The number of benzene rings is 1. The number of nitriles is 1. The number of carbonyl (C=O) groups is 1. The fourth-order valence-corrected chi connectivity index (χ4v) is 2.68. The van der Waals surface area contributed by atoms with Gasteiger partial charge in [0.15, 0.2) is 11.5 Å². The lowest BCUT2D eigenvalue weighted by molar-refractivity contribution is 0.0767. The monoisotopic (exact) mass is 325 g/mol. The third-order valence-electron chi connectivity index (χ3n) is 3.96. The molecule has 1 aromatic carbocycles. The van der Waals surface area contributed by atoms with Gasteiger partial charge >= 0.3 is 0 Å². The van der Waals surface area contributed by atoms with Crippen LogP contribution in [0.3, 0.4) is 0 Å². The first-order valence-corrected chi connectivity index (χ1v) is 7.71. The minimum atomic E-state index is -0.354. The van der Waals surface area contributed by atoms with E-state index in [-0.39, 0.29) is 17.4 Å². The summed E-state index contributed by atoms with van der Waals surface area (Å²) >= 11 is 0. The van der Waals surface area contributed by atoms with Gasteiger partial charge in [-0.15, -0.1) is 10.2 Å². The van der Waals surface area contributed by atoms with Gasteiger partial charge in [-0.3, -0.25) is 4.79 Å². The molecule has 1 fully saturated rings. The molecule has 2 heterocycles. The van der Waals surface area contributed by atoms with Crippen LogP contribution in [0.5, 0.6) is 0 Å². The lowest BCUT2D eigenvalue weighted by Crippen LogP contribution is -2.35. The first-order valence-electron chi connectivity index (χ1n) is 7.71. The van der Waals surface area contributed by atoms with E-state index in [0.29, 0.717) is 31.0 Å². The van der Waals surface area contributed by atoms with Gasteiger partial charge in [0, 0.05) is 31.7 Å². The average Bonchev–Trinajstić information content (AvgIpc) is 2.88. The summed E-state index contributed by atoms with van der Waals surface area (Å²) in [5.41, 5.74) is 0.768. The van der Waals surface area contributed by atoms with E-state index in [1.54, 1.807) is 17.0 Å². The zero-order valence-corrected chi connectivity index (χ0v) is 13.0. The largest absolute Gasteiger partial charge is 0.353 e. The second kappa shape index (κ2) is 7.04. The minimum absolute atomic E-state index is 0.0947. The number of aromatic nitrogens is 2. The molecule has 0 radical (unpaired) electrons. The maximum absolute atomic E-state index is 13.0. The van der Waals surface area contributed by atoms with Crippen LogP contribution in [0.2, 0.25) is 0 Å². The van der Waals surface area contributed by atoms with E-state index >= 15 is 0 Å². The highest BCUT2D eigenvalue weighted by atomic mass is 19.1. The minimum Gasteiger partial charge on any atom is -0.353 e. The smallest absolute Gasteiger partial charge is 0.253 e. The van der Waals surface area contributed by atoms with Crippen molar-refractivity contribution in [2.45, 2.75) is 6.42 Å². The number of nitrogens with zero attached hydrogens (tertiary/aromatic N) is 5. The summed E-state index contributed by atoms with van der Waals surface area (Å²) in [5.74, 6) is 0.251. The van der Waals surface area contributed by atoms with E-state index in [9.17, 15) is 9.18 Å². The third kappa shape index (κ3) is 3.49. The number of halogens is 1. The number of carbonyl (C=O) groups excluding carboxylic acids is 1. The van der Waals surface area contributed by atoms with Gasteiger partial charge < -0.3 is 9.80 Å². The average molecular weight is 325 g/mol. The van der Waals surface area contributed by atoms with E-state index in [1.807, 2.05) is 11.0 Å². The van der Waals surface area contributed by atoms with Crippen molar-refractivity contribution in [1.29, 1.82) is 5.26 Å². The van der Waals surface area contributed by atoms with Crippen molar-refractivity contribution in [2.75, 3.05) is 31.1 Å². The van der Waals surface area contributed by atoms with Crippen LogP contribution in [-0.4, -0.2) is 47.2 Å². The van der Waals surface area contributed by atoms with Crippen molar-refractivity contribution in [3.63, 3.8) is 0 Å². The second-order valence-corrected chi connectivity index (χ2v) is 5.53. The Balaban J connectivity index is 1.67. The SMILES string of the molecule is N#Cc1ccc(N2CCCN(C(=O)c3ccc(F)cc3)CC2)nn1. The predicted molar refractivity (Wildman–Crippen MR) is 85.9 cm³/mol. The molecule has 7 heteroatoms. The van der Waals surface area contributed by atoms with Crippen LogP contribution in [0.15, 0.2) is 36.4 Å². The molecule has 3 rings (SSSR count). The number of hydrogen-bond donors (Lipinski definition) is 0. The first-order chi connectivity index (χ1) is 11.7. The van der Waals surface area contributed by atoms with Crippen molar-refractivity contribution in [2.24, 2.45) is 0 Å².